The number of hydrogen-bond donors (Lipinski definition) is 2. The molecule has 0 aliphatic rings. The van der Waals surface area contributed by atoms with Gasteiger partial charge in [0.15, 0.2) is 11.6 Å². The summed E-state index contributed by atoms with van der Waals surface area (Å²) in [6, 6.07) is 0.158. The zero-order valence-corrected chi connectivity index (χ0v) is 11.9. The Morgan fingerprint density at radius 2 is 2.05 bits per heavy atom. The molecule has 0 unspecified atom stereocenters. The second-order valence-corrected chi connectivity index (χ2v) is 4.28. The van der Waals surface area contributed by atoms with Gasteiger partial charge in [-0.05, 0) is 19.8 Å². The van der Waals surface area contributed by atoms with Gasteiger partial charge in [0.1, 0.15) is 0 Å². The van der Waals surface area contributed by atoms with Crippen LogP contribution in [-0.2, 0) is 0 Å². The highest BCUT2D eigenvalue weighted by Crippen LogP contribution is 2.22. The van der Waals surface area contributed by atoms with Gasteiger partial charge in [0, 0.05) is 19.1 Å². The number of nitrogens with zero attached hydrogens (tertiary/aromatic N) is 3. The molecule has 0 aliphatic heterocycles. The van der Waals surface area contributed by atoms with E-state index in [-0.39, 0.29) is 18.5 Å². The Kier molecular flexibility index (Phi) is 6.49. The monoisotopic (exact) mass is 270 g/mol. The minimum Gasteiger partial charge on any atom is -0.395 e. The van der Waals surface area contributed by atoms with Crippen molar-refractivity contribution in [3.63, 3.8) is 0 Å². The Balaban J connectivity index is 3.09. The fraction of sp³-hybridized carbons (Fsp3) is 0.692. The minimum atomic E-state index is -0.456. The third-order valence-corrected chi connectivity index (χ3v) is 3.06. The van der Waals surface area contributed by atoms with E-state index in [1.807, 2.05) is 25.7 Å². The van der Waals surface area contributed by atoms with Crippen molar-refractivity contribution in [2.75, 3.05) is 29.9 Å². The molecule has 0 amide bonds. The van der Waals surface area contributed by atoms with Crippen LogP contribution in [0.3, 0.4) is 0 Å². The quantitative estimate of drug-likeness (QED) is 0.757. The molecule has 0 saturated carbocycles. The first-order chi connectivity index (χ1) is 9.17. The van der Waals surface area contributed by atoms with Crippen molar-refractivity contribution in [3.05, 3.63) is 12.0 Å². The number of rotatable bonds is 8. The summed E-state index contributed by atoms with van der Waals surface area (Å²) in [4.78, 5) is 9.93. The molecule has 0 aliphatic carbocycles. The third kappa shape index (κ3) is 4.02. The number of halogens is 1. The van der Waals surface area contributed by atoms with Gasteiger partial charge >= 0.3 is 0 Å². The highest BCUT2D eigenvalue weighted by molar-refractivity contribution is 5.45. The molecule has 6 heteroatoms. The molecule has 0 atom stereocenters. The van der Waals surface area contributed by atoms with Crippen molar-refractivity contribution in [3.8, 4) is 0 Å². The summed E-state index contributed by atoms with van der Waals surface area (Å²) in [6.45, 7) is 7.03. The van der Waals surface area contributed by atoms with Crippen molar-refractivity contribution in [2.24, 2.45) is 0 Å². The maximum absolute atomic E-state index is 13.9. The van der Waals surface area contributed by atoms with E-state index in [1.54, 1.807) is 0 Å². The van der Waals surface area contributed by atoms with Crippen LogP contribution in [0.15, 0.2) is 6.20 Å². The van der Waals surface area contributed by atoms with Gasteiger partial charge < -0.3 is 15.3 Å². The molecule has 2 N–H and O–H groups in total. The van der Waals surface area contributed by atoms with Gasteiger partial charge in [0.2, 0.25) is 5.95 Å². The molecule has 0 saturated heterocycles. The number of hydrogen-bond acceptors (Lipinski definition) is 5. The average molecular weight is 270 g/mol. The van der Waals surface area contributed by atoms with E-state index in [4.69, 9.17) is 0 Å². The van der Waals surface area contributed by atoms with Crippen LogP contribution in [0.4, 0.5) is 16.2 Å². The molecular weight excluding hydrogens is 247 g/mol. The fourth-order valence-electron chi connectivity index (χ4n) is 2.10. The molecule has 0 aromatic carbocycles. The molecule has 0 radical (unpaired) electrons. The Labute approximate surface area is 113 Å². The Morgan fingerprint density at radius 3 is 2.58 bits per heavy atom. The Bertz CT molecular complexity index is 385. The van der Waals surface area contributed by atoms with Gasteiger partial charge in [0.05, 0.1) is 12.8 Å². The van der Waals surface area contributed by atoms with Gasteiger partial charge in [-0.3, -0.25) is 0 Å². The SMILES string of the molecule is CCNc1ncc(F)c(N(CCO)C(CC)CC)n1. The first-order valence-corrected chi connectivity index (χ1v) is 6.81. The number of aromatic nitrogens is 2. The normalized spacial score (nSPS) is 10.8. The molecule has 5 nitrogen and oxygen atoms in total. The summed E-state index contributed by atoms with van der Waals surface area (Å²) in [5.41, 5.74) is 0. The molecule has 1 aromatic heterocycles. The van der Waals surface area contributed by atoms with Crippen LogP contribution in [-0.4, -0.2) is 40.8 Å². The molecule has 1 rings (SSSR count). The number of anilines is 2. The molecule has 108 valence electrons. The number of nitrogens with one attached hydrogen (secondary N) is 1. The summed E-state index contributed by atoms with van der Waals surface area (Å²) in [5.74, 6) is 0.212. The summed E-state index contributed by atoms with van der Waals surface area (Å²) < 4.78 is 13.9. The van der Waals surface area contributed by atoms with Crippen molar-refractivity contribution in [1.82, 2.24) is 9.97 Å². The first kappa shape index (κ1) is 15.6. The van der Waals surface area contributed by atoms with Crippen LogP contribution in [0.1, 0.15) is 33.6 Å². The maximum Gasteiger partial charge on any atom is 0.224 e. The molecule has 0 spiro atoms. The van der Waals surface area contributed by atoms with E-state index >= 15 is 0 Å². The lowest BCUT2D eigenvalue weighted by Gasteiger charge is -2.31. The van der Waals surface area contributed by atoms with Crippen LogP contribution in [0.2, 0.25) is 0 Å². The molecule has 1 heterocycles. The summed E-state index contributed by atoms with van der Waals surface area (Å²) in [5, 5.41) is 12.1. The van der Waals surface area contributed by atoms with Crippen molar-refractivity contribution < 1.29 is 9.50 Å². The molecule has 1 aromatic rings. The van der Waals surface area contributed by atoms with E-state index in [0.717, 1.165) is 12.8 Å². The lowest BCUT2D eigenvalue weighted by Crippen LogP contribution is -2.38. The number of aliphatic hydroxyl groups is 1. The summed E-state index contributed by atoms with van der Waals surface area (Å²) in [7, 11) is 0. The van der Waals surface area contributed by atoms with Crippen LogP contribution in [0.25, 0.3) is 0 Å². The van der Waals surface area contributed by atoms with Crippen molar-refractivity contribution in [2.45, 2.75) is 39.7 Å². The van der Waals surface area contributed by atoms with Gasteiger partial charge in [-0.15, -0.1) is 0 Å². The molecule has 19 heavy (non-hydrogen) atoms. The molecule has 0 fully saturated rings. The summed E-state index contributed by atoms with van der Waals surface area (Å²) >= 11 is 0. The van der Waals surface area contributed by atoms with E-state index in [2.05, 4.69) is 15.3 Å². The van der Waals surface area contributed by atoms with Crippen LogP contribution in [0, 0.1) is 5.82 Å². The Morgan fingerprint density at radius 1 is 1.37 bits per heavy atom. The zero-order valence-electron chi connectivity index (χ0n) is 11.9. The van der Waals surface area contributed by atoms with Crippen LogP contribution < -0.4 is 10.2 Å². The predicted molar refractivity (Wildman–Crippen MR) is 75.0 cm³/mol. The Hall–Kier alpha value is -1.43. The molecule has 0 bridgehead atoms. The van der Waals surface area contributed by atoms with Crippen LogP contribution >= 0.6 is 0 Å². The summed E-state index contributed by atoms with van der Waals surface area (Å²) in [6.07, 6.45) is 2.92. The standard InChI is InChI=1S/C13H23FN4O/c1-4-10(5-2)18(7-8-19)12-11(14)9-16-13(17-12)15-6-3/h9-10,19H,4-8H2,1-3H3,(H,15,16,17). The third-order valence-electron chi connectivity index (χ3n) is 3.06. The highest BCUT2D eigenvalue weighted by atomic mass is 19.1. The van der Waals surface area contributed by atoms with Gasteiger partial charge in [0.25, 0.3) is 0 Å². The van der Waals surface area contributed by atoms with Gasteiger partial charge in [-0.25, -0.2) is 9.37 Å². The van der Waals surface area contributed by atoms with E-state index < -0.39 is 5.82 Å². The zero-order chi connectivity index (χ0) is 14.3. The van der Waals surface area contributed by atoms with Crippen molar-refractivity contribution in [1.29, 1.82) is 0 Å². The first-order valence-electron chi connectivity index (χ1n) is 6.81. The average Bonchev–Trinajstić information content (AvgIpc) is 2.42. The topological polar surface area (TPSA) is 61.3 Å². The second kappa shape index (κ2) is 7.89. The van der Waals surface area contributed by atoms with Gasteiger partial charge in [-0.1, -0.05) is 13.8 Å². The van der Waals surface area contributed by atoms with E-state index in [9.17, 15) is 9.50 Å². The van der Waals surface area contributed by atoms with Crippen molar-refractivity contribution >= 4 is 11.8 Å². The smallest absolute Gasteiger partial charge is 0.224 e. The largest absolute Gasteiger partial charge is 0.395 e. The number of aliphatic hydroxyl groups excluding tert-OH is 1. The lowest BCUT2D eigenvalue weighted by molar-refractivity contribution is 0.295. The fourth-order valence-corrected chi connectivity index (χ4v) is 2.10. The van der Waals surface area contributed by atoms with E-state index in [0.29, 0.717) is 19.0 Å². The van der Waals surface area contributed by atoms with Crippen LogP contribution in [0.5, 0.6) is 0 Å². The molecular formula is C13H23FN4O. The predicted octanol–water partition coefficient (Wildman–Crippen LogP) is 2.03. The maximum atomic E-state index is 13.9. The minimum absolute atomic E-state index is 0.0313. The van der Waals surface area contributed by atoms with Gasteiger partial charge in [-0.2, -0.15) is 4.98 Å². The van der Waals surface area contributed by atoms with E-state index in [1.165, 1.54) is 6.20 Å². The second-order valence-electron chi connectivity index (χ2n) is 4.28. The lowest BCUT2D eigenvalue weighted by atomic mass is 10.1. The highest BCUT2D eigenvalue weighted by Gasteiger charge is 2.20.